The Labute approximate surface area is 251 Å². The van der Waals surface area contributed by atoms with Crippen molar-refractivity contribution < 1.29 is 30.8 Å². The van der Waals surface area contributed by atoms with Gasteiger partial charge in [0, 0.05) is 20.0 Å². The molecule has 0 amide bonds. The molecule has 0 aromatic carbocycles. The molecule has 5 heterocycles. The molecule has 0 radical (unpaired) electrons. The van der Waals surface area contributed by atoms with E-state index in [2.05, 4.69) is 69.6 Å². The summed E-state index contributed by atoms with van der Waals surface area (Å²) in [6.07, 6.45) is 5.52. The van der Waals surface area contributed by atoms with Gasteiger partial charge in [-0.25, -0.2) is 9.97 Å². The number of aliphatic imine (C=N–C) groups is 1. The summed E-state index contributed by atoms with van der Waals surface area (Å²) < 4.78 is 7.73. The summed E-state index contributed by atoms with van der Waals surface area (Å²) in [6.45, 7) is 10.8. The number of aryl methyl sites for hydroxylation is 1. The number of guanidine groups is 1. The van der Waals surface area contributed by atoms with Crippen LogP contribution in [0.15, 0.2) is 21.2 Å². The Morgan fingerprint density at radius 2 is 1.95 bits per heavy atom. The van der Waals surface area contributed by atoms with Crippen molar-refractivity contribution in [3.8, 4) is 11.6 Å². The van der Waals surface area contributed by atoms with Crippen molar-refractivity contribution in [2.45, 2.75) is 45.2 Å². The van der Waals surface area contributed by atoms with Crippen molar-refractivity contribution in [1.29, 1.82) is 0 Å². The monoisotopic (exact) mass is 744 g/mol. The Hall–Kier alpha value is -2.02. The van der Waals surface area contributed by atoms with E-state index in [9.17, 15) is 0 Å². The van der Waals surface area contributed by atoms with Gasteiger partial charge in [-0.2, -0.15) is 0 Å². The molecule has 2 aromatic rings. The Morgan fingerprint density at radius 1 is 1.18 bits per heavy atom. The van der Waals surface area contributed by atoms with E-state index in [4.69, 9.17) is 26.7 Å². The number of anilines is 2. The Morgan fingerprint density at radius 3 is 2.59 bits per heavy atom. The van der Waals surface area contributed by atoms with E-state index in [1.165, 1.54) is 18.4 Å². The van der Waals surface area contributed by atoms with Crippen LogP contribution >= 0.6 is 11.6 Å². The van der Waals surface area contributed by atoms with Crippen LogP contribution in [0.25, 0.3) is 11.6 Å². The molecule has 2 aromatic heterocycles. The maximum absolute atomic E-state index is 6.60. The number of likely N-dealkylation sites (N-methyl/N-ethyl adjacent to an activating group) is 1. The predicted molar refractivity (Wildman–Crippen MR) is 148 cm³/mol. The molecule has 0 bridgehead atoms. The standard InChI is InChI=1S/C25H37ClN11O.Hg/c1-5-18-15-36(23-21(26)30-20(22(27)31-23)24-33-32-16(2)38-24)10-11-37(18)19-6-8-35(9-7-19)14-17-12-29-25(28-3)34(4)13-17;/h12,18-19H,5-11,13-15H2,1-4H3,(H2-,27,28,29,31);/q-1;+1. The van der Waals surface area contributed by atoms with Gasteiger partial charge in [0.15, 0.2) is 22.5 Å². The molecule has 1 atom stereocenters. The first-order valence-corrected chi connectivity index (χ1v) is 16.4. The molecule has 2 fully saturated rings. The number of nitrogen functional groups attached to an aromatic ring is 1. The van der Waals surface area contributed by atoms with Crippen LogP contribution in [0.1, 0.15) is 32.1 Å². The van der Waals surface area contributed by atoms with Crippen molar-refractivity contribution in [3.63, 3.8) is 0 Å². The van der Waals surface area contributed by atoms with Crippen LogP contribution in [0.2, 0.25) is 5.15 Å². The van der Waals surface area contributed by atoms with Gasteiger partial charge < -0.3 is 15.1 Å². The van der Waals surface area contributed by atoms with E-state index in [0.29, 0.717) is 61.1 Å². The zero-order chi connectivity index (χ0) is 27.7. The third-order valence-electron chi connectivity index (χ3n) is 7.83. The van der Waals surface area contributed by atoms with Crippen LogP contribution in [0, 0.1) is 6.92 Å². The van der Waals surface area contributed by atoms with Gasteiger partial charge in [0.1, 0.15) is 0 Å². The first-order chi connectivity index (χ1) is 18.7. The summed E-state index contributed by atoms with van der Waals surface area (Å²) in [6, 6.07) is 1.02. The second kappa shape index (κ2) is 12.2. The van der Waals surface area contributed by atoms with E-state index in [0.717, 1.165) is 58.2 Å². The van der Waals surface area contributed by atoms with Gasteiger partial charge in [0.25, 0.3) is 5.89 Å². The first-order valence-electron chi connectivity index (χ1n) is 13.6. The van der Waals surface area contributed by atoms with E-state index in [1.807, 2.05) is 0 Å². The molecule has 2 saturated heterocycles. The van der Waals surface area contributed by atoms with Gasteiger partial charge in [-0.05, 0) is 6.42 Å². The summed E-state index contributed by atoms with van der Waals surface area (Å²) in [7, 11) is 4.26. The van der Waals surface area contributed by atoms with Gasteiger partial charge >= 0.3 is 138 Å². The normalized spacial score (nSPS) is 21.8. The third-order valence-corrected chi connectivity index (χ3v) is 9.18. The van der Waals surface area contributed by atoms with Crippen LogP contribution in [0.5, 0.6) is 0 Å². The topological polar surface area (TPSA) is 119 Å². The predicted octanol–water partition coefficient (Wildman–Crippen LogP) is 2.01. The number of hydrogen-bond donors (Lipinski definition) is 1. The molecule has 14 heteroatoms. The average molecular weight is 744 g/mol. The number of nitrogens with two attached hydrogens (primary N) is 1. The van der Waals surface area contributed by atoms with Crippen molar-refractivity contribution in [2.24, 2.45) is 4.99 Å². The van der Waals surface area contributed by atoms with Gasteiger partial charge in [0.2, 0.25) is 5.89 Å². The second-order valence-corrected chi connectivity index (χ2v) is 14.8. The molecular formula is C25H37ClHgN11O. The second-order valence-electron chi connectivity index (χ2n) is 10.7. The number of piperazine rings is 1. The number of likely N-dealkylation sites (tertiary alicyclic amines) is 1. The molecule has 39 heavy (non-hydrogen) atoms. The molecule has 2 N–H and O–H groups in total. The molecule has 12 nitrogen and oxygen atoms in total. The van der Waals surface area contributed by atoms with E-state index in [-0.39, 0.29) is 11.7 Å². The number of piperidine rings is 1. The summed E-state index contributed by atoms with van der Waals surface area (Å²) in [5.41, 5.74) is 7.96. The van der Waals surface area contributed by atoms with Crippen LogP contribution in [0.4, 0.5) is 11.6 Å². The fourth-order valence-electron chi connectivity index (χ4n) is 5.92. The third kappa shape index (κ3) is 6.33. The number of hydrogen-bond acceptors (Lipinski definition) is 12. The fraction of sp³-hybridized carbons (Fsp3) is 0.640. The molecule has 0 aliphatic carbocycles. The summed E-state index contributed by atoms with van der Waals surface area (Å²) >= 11 is 7.15. The molecular weight excluding hydrogens is 706 g/mol. The number of nitrogens with zero attached hydrogens (tertiary/aromatic N) is 10. The number of aromatic nitrogens is 4. The molecule has 0 saturated carbocycles. The van der Waals surface area contributed by atoms with Gasteiger partial charge in [0.05, 0.1) is 0 Å². The summed E-state index contributed by atoms with van der Waals surface area (Å²) in [5.74, 6) is 2.63. The van der Waals surface area contributed by atoms with E-state index >= 15 is 0 Å². The minimum absolute atomic E-state index is 0.230. The van der Waals surface area contributed by atoms with Crippen LogP contribution < -0.4 is 10.6 Å². The minimum atomic E-state index is 0.230. The van der Waals surface area contributed by atoms with Crippen molar-refractivity contribution in [2.75, 3.05) is 70.5 Å². The number of halogens is 1. The van der Waals surface area contributed by atoms with E-state index in [1.54, 1.807) is 6.92 Å². The molecule has 3 aliphatic heterocycles. The SMILES string of the molecule is CCC1CN(c2nc(N)c(-c3nnc(C)o3)nc2Cl)CCN1C1CCN(CC2=CN=C([N](C)[Hg])N(C)C2)CC1. The van der Waals surface area contributed by atoms with Crippen LogP contribution in [-0.2, 0) is 26.4 Å². The fourth-order valence-corrected chi connectivity index (χ4v) is 7.42. The van der Waals surface area contributed by atoms with Crippen LogP contribution in [-0.4, -0.2) is 115 Å². The Bertz CT molecular complexity index is 1230. The maximum atomic E-state index is 6.60. The number of rotatable bonds is 6. The van der Waals surface area contributed by atoms with Crippen molar-refractivity contribution in [3.05, 3.63) is 22.8 Å². The van der Waals surface area contributed by atoms with Crippen molar-refractivity contribution >= 4 is 29.2 Å². The van der Waals surface area contributed by atoms with E-state index < -0.39 is 0 Å². The summed E-state index contributed by atoms with van der Waals surface area (Å²) in [5, 5.41) is 8.16. The van der Waals surface area contributed by atoms with Gasteiger partial charge in [-0.15, -0.1) is 10.2 Å². The van der Waals surface area contributed by atoms with Crippen LogP contribution in [0.3, 0.4) is 0 Å². The average Bonchev–Trinajstić information content (AvgIpc) is 3.35. The Balaban J connectivity index is 1.18. The molecule has 5 rings (SSSR count). The zero-order valence-electron chi connectivity index (χ0n) is 23.3. The molecule has 0 spiro atoms. The molecule has 1 unspecified atom stereocenters. The Kier molecular flexibility index (Phi) is 8.94. The molecule has 207 valence electrons. The quantitative estimate of drug-likeness (QED) is 0.438. The van der Waals surface area contributed by atoms with Gasteiger partial charge in [-0.1, -0.05) is 18.5 Å². The van der Waals surface area contributed by atoms with Crippen molar-refractivity contribution in [1.82, 2.24) is 37.5 Å². The summed E-state index contributed by atoms with van der Waals surface area (Å²) in [4.78, 5) is 23.6. The zero-order valence-corrected chi connectivity index (χ0v) is 29.6. The molecule has 3 aliphatic rings. The first kappa shape index (κ1) is 28.5. The van der Waals surface area contributed by atoms with Gasteiger partial charge in [-0.3, -0.25) is 0 Å².